The average molecular weight is 325 g/mol. The van der Waals surface area contributed by atoms with Crippen LogP contribution in [0.3, 0.4) is 0 Å². The molecule has 2 aromatic carbocycles. The van der Waals surface area contributed by atoms with E-state index in [1.165, 1.54) is 0 Å². The van der Waals surface area contributed by atoms with Gasteiger partial charge in [-0.15, -0.1) is 0 Å². The van der Waals surface area contributed by atoms with Crippen molar-refractivity contribution in [3.05, 3.63) is 71.3 Å². The molecule has 6 heteroatoms. The summed E-state index contributed by atoms with van der Waals surface area (Å²) in [5.74, 6) is -1.11. The van der Waals surface area contributed by atoms with Gasteiger partial charge in [-0.3, -0.25) is 0 Å². The summed E-state index contributed by atoms with van der Waals surface area (Å²) in [6.07, 6.45) is 0.513. The molecule has 0 aromatic heterocycles. The third-order valence-corrected chi connectivity index (χ3v) is 4.61. The minimum Gasteiger partial charge on any atom is -0.215 e. The van der Waals surface area contributed by atoms with Crippen molar-refractivity contribution in [1.82, 2.24) is 4.72 Å². The molecule has 2 aromatic rings. The number of hydrogen-bond acceptors (Lipinski definition) is 2. The maximum Gasteiger partial charge on any atom is 0.211 e. The summed E-state index contributed by atoms with van der Waals surface area (Å²) in [6, 6.07) is 12.4. The van der Waals surface area contributed by atoms with E-state index in [9.17, 15) is 17.2 Å². The Morgan fingerprint density at radius 1 is 0.955 bits per heavy atom. The molecule has 0 aliphatic rings. The van der Waals surface area contributed by atoms with E-state index in [1.54, 1.807) is 0 Å². The normalized spacial score (nSPS) is 11.5. The van der Waals surface area contributed by atoms with Gasteiger partial charge in [0.2, 0.25) is 10.0 Å². The number of rotatable bonds is 7. The summed E-state index contributed by atoms with van der Waals surface area (Å²) in [5, 5.41) is 0. The molecule has 0 saturated heterocycles. The fraction of sp³-hybridized carbons (Fsp3) is 0.250. The molecular formula is C16H17F2NO2S. The van der Waals surface area contributed by atoms with Gasteiger partial charge >= 0.3 is 0 Å². The Bertz CT molecular complexity index is 718. The molecule has 1 N–H and O–H groups in total. The zero-order valence-corrected chi connectivity index (χ0v) is 12.7. The minimum atomic E-state index is -3.44. The SMILES string of the molecule is O=S(=O)(CCc1ccccc1)NCCc1cc(F)ccc1F. The Balaban J connectivity index is 1.83. The van der Waals surface area contributed by atoms with Crippen molar-refractivity contribution in [2.24, 2.45) is 0 Å². The highest BCUT2D eigenvalue weighted by atomic mass is 32.2. The molecule has 0 spiro atoms. The second-order valence-corrected chi connectivity index (χ2v) is 6.86. The first kappa shape index (κ1) is 16.6. The first-order valence-electron chi connectivity index (χ1n) is 6.91. The molecule has 0 aliphatic carbocycles. The van der Waals surface area contributed by atoms with Gasteiger partial charge in [0.05, 0.1) is 5.75 Å². The third-order valence-electron chi connectivity index (χ3n) is 3.23. The molecular weight excluding hydrogens is 308 g/mol. The van der Waals surface area contributed by atoms with E-state index in [0.29, 0.717) is 6.42 Å². The van der Waals surface area contributed by atoms with Crippen LogP contribution < -0.4 is 4.72 Å². The third kappa shape index (κ3) is 5.20. The van der Waals surface area contributed by atoms with Gasteiger partial charge in [0, 0.05) is 6.54 Å². The summed E-state index contributed by atoms with van der Waals surface area (Å²) in [4.78, 5) is 0. The van der Waals surface area contributed by atoms with E-state index in [-0.39, 0.29) is 24.3 Å². The van der Waals surface area contributed by atoms with E-state index in [0.717, 1.165) is 23.8 Å². The number of sulfonamides is 1. The Morgan fingerprint density at radius 2 is 1.68 bits per heavy atom. The molecule has 2 rings (SSSR count). The maximum atomic E-state index is 13.4. The molecule has 0 radical (unpaired) electrons. The lowest BCUT2D eigenvalue weighted by molar-refractivity contribution is 0.572. The van der Waals surface area contributed by atoms with Crippen LogP contribution in [0.2, 0.25) is 0 Å². The second kappa shape index (κ2) is 7.47. The number of nitrogens with one attached hydrogen (secondary N) is 1. The molecule has 0 amide bonds. The van der Waals surface area contributed by atoms with Crippen LogP contribution in [0.25, 0.3) is 0 Å². The van der Waals surface area contributed by atoms with Gasteiger partial charge < -0.3 is 0 Å². The first-order chi connectivity index (χ1) is 10.5. The van der Waals surface area contributed by atoms with Crippen molar-refractivity contribution in [3.8, 4) is 0 Å². The van der Waals surface area contributed by atoms with Crippen molar-refractivity contribution < 1.29 is 17.2 Å². The number of halogens is 2. The fourth-order valence-corrected chi connectivity index (χ4v) is 3.11. The van der Waals surface area contributed by atoms with Gasteiger partial charge in [-0.1, -0.05) is 30.3 Å². The lowest BCUT2D eigenvalue weighted by Crippen LogP contribution is -2.29. The zero-order chi connectivity index (χ0) is 16.0. The highest BCUT2D eigenvalue weighted by molar-refractivity contribution is 7.89. The molecule has 0 bridgehead atoms. The molecule has 0 fully saturated rings. The average Bonchev–Trinajstić information content (AvgIpc) is 2.50. The monoisotopic (exact) mass is 325 g/mol. The van der Waals surface area contributed by atoms with Gasteiger partial charge in [-0.2, -0.15) is 0 Å². The smallest absolute Gasteiger partial charge is 0.211 e. The topological polar surface area (TPSA) is 46.2 Å². The Labute approximate surface area is 129 Å². The predicted octanol–water partition coefficient (Wildman–Crippen LogP) is 2.67. The van der Waals surface area contributed by atoms with Crippen LogP contribution in [0, 0.1) is 11.6 Å². The highest BCUT2D eigenvalue weighted by Gasteiger charge is 2.11. The van der Waals surface area contributed by atoms with Crippen molar-refractivity contribution in [2.45, 2.75) is 12.8 Å². The van der Waals surface area contributed by atoms with Crippen molar-refractivity contribution in [3.63, 3.8) is 0 Å². The molecule has 22 heavy (non-hydrogen) atoms. The molecule has 118 valence electrons. The van der Waals surface area contributed by atoms with Gasteiger partial charge in [-0.05, 0) is 42.2 Å². The van der Waals surface area contributed by atoms with Crippen molar-refractivity contribution >= 4 is 10.0 Å². The lowest BCUT2D eigenvalue weighted by atomic mass is 10.1. The van der Waals surface area contributed by atoms with Crippen LogP contribution in [0.15, 0.2) is 48.5 Å². The van der Waals surface area contributed by atoms with E-state index in [1.807, 2.05) is 30.3 Å². The summed E-state index contributed by atoms with van der Waals surface area (Å²) in [5.41, 5.74) is 1.09. The van der Waals surface area contributed by atoms with Gasteiger partial charge in [-0.25, -0.2) is 21.9 Å². The standard InChI is InChI=1S/C16H17F2NO2S/c17-15-6-7-16(18)14(12-15)8-10-19-22(20,21)11-9-13-4-2-1-3-5-13/h1-7,12,19H,8-11H2. The van der Waals surface area contributed by atoms with E-state index in [2.05, 4.69) is 4.72 Å². The van der Waals surface area contributed by atoms with Crippen LogP contribution >= 0.6 is 0 Å². The van der Waals surface area contributed by atoms with Crippen molar-refractivity contribution in [2.75, 3.05) is 12.3 Å². The molecule has 0 atom stereocenters. The van der Waals surface area contributed by atoms with Crippen LogP contribution in [0.5, 0.6) is 0 Å². The summed E-state index contributed by atoms with van der Waals surface area (Å²) < 4.78 is 52.6. The Morgan fingerprint density at radius 3 is 2.41 bits per heavy atom. The highest BCUT2D eigenvalue weighted by Crippen LogP contribution is 2.10. The number of hydrogen-bond donors (Lipinski definition) is 1. The summed E-state index contributed by atoms with van der Waals surface area (Å²) >= 11 is 0. The maximum absolute atomic E-state index is 13.4. The van der Waals surface area contributed by atoms with Crippen LogP contribution in [-0.4, -0.2) is 20.7 Å². The zero-order valence-electron chi connectivity index (χ0n) is 11.9. The molecule has 0 aliphatic heterocycles. The lowest BCUT2D eigenvalue weighted by Gasteiger charge is -2.07. The van der Waals surface area contributed by atoms with E-state index < -0.39 is 21.7 Å². The quantitative estimate of drug-likeness (QED) is 0.851. The largest absolute Gasteiger partial charge is 0.215 e. The van der Waals surface area contributed by atoms with Crippen LogP contribution in [-0.2, 0) is 22.9 Å². The van der Waals surface area contributed by atoms with E-state index in [4.69, 9.17) is 0 Å². The number of benzene rings is 2. The number of aryl methyl sites for hydroxylation is 1. The molecule has 3 nitrogen and oxygen atoms in total. The summed E-state index contributed by atoms with van der Waals surface area (Å²) in [6.45, 7) is 0.0392. The summed E-state index contributed by atoms with van der Waals surface area (Å²) in [7, 11) is -3.44. The van der Waals surface area contributed by atoms with Gasteiger partial charge in [0.25, 0.3) is 0 Å². The Kier molecular flexibility index (Phi) is 5.63. The molecule has 0 saturated carbocycles. The minimum absolute atomic E-state index is 0.0390. The van der Waals surface area contributed by atoms with E-state index >= 15 is 0 Å². The predicted molar refractivity (Wildman–Crippen MR) is 82.0 cm³/mol. The molecule has 0 heterocycles. The van der Waals surface area contributed by atoms with Crippen molar-refractivity contribution in [1.29, 1.82) is 0 Å². The van der Waals surface area contributed by atoms with Gasteiger partial charge in [0.15, 0.2) is 0 Å². The first-order valence-corrected chi connectivity index (χ1v) is 8.57. The Hall–Kier alpha value is -1.79. The van der Waals surface area contributed by atoms with Gasteiger partial charge in [0.1, 0.15) is 11.6 Å². The molecule has 0 unspecified atom stereocenters. The van der Waals surface area contributed by atoms with Crippen LogP contribution in [0.4, 0.5) is 8.78 Å². The van der Waals surface area contributed by atoms with Crippen LogP contribution in [0.1, 0.15) is 11.1 Å². The second-order valence-electron chi connectivity index (χ2n) is 4.93. The fourth-order valence-electron chi connectivity index (χ4n) is 2.05.